The summed E-state index contributed by atoms with van der Waals surface area (Å²) in [5.74, 6) is -0.246. The highest BCUT2D eigenvalue weighted by atomic mass is 79.9. The second-order valence-corrected chi connectivity index (χ2v) is 6.20. The van der Waals surface area contributed by atoms with Gasteiger partial charge in [-0.1, -0.05) is 27.5 Å². The number of carboxylic acids is 1. The zero-order valence-electron chi connectivity index (χ0n) is 9.60. The Morgan fingerprint density at radius 2 is 2.26 bits per heavy atom. The molecule has 0 aromatic heterocycles. The van der Waals surface area contributed by atoms with Gasteiger partial charge >= 0.3 is 12.0 Å². The van der Waals surface area contributed by atoms with Crippen molar-refractivity contribution in [3.8, 4) is 0 Å². The van der Waals surface area contributed by atoms with Gasteiger partial charge in [-0.05, 0) is 18.2 Å². The number of amides is 2. The first-order valence-corrected chi connectivity index (χ1v) is 7.65. The standard InChI is InChI=1S/C11H10BrClN2O3S/c12-6-1-2-7(13)8(3-6)14-11(18)15-5-19-4-9(15)10(16)17/h1-3,9H,4-5H2,(H,14,18)(H,16,17)/t9-/m0/s1. The molecule has 2 N–H and O–H groups in total. The summed E-state index contributed by atoms with van der Waals surface area (Å²) in [6, 6.07) is 3.81. The molecule has 0 spiro atoms. The Labute approximate surface area is 127 Å². The second kappa shape index (κ2) is 6.02. The molecule has 1 aromatic rings. The van der Waals surface area contributed by atoms with Gasteiger partial charge in [0.2, 0.25) is 0 Å². The number of carbonyl (C=O) groups excluding carboxylic acids is 1. The number of benzene rings is 1. The first kappa shape index (κ1) is 14.5. The Morgan fingerprint density at radius 1 is 1.53 bits per heavy atom. The van der Waals surface area contributed by atoms with E-state index in [9.17, 15) is 9.59 Å². The van der Waals surface area contributed by atoms with Gasteiger partial charge in [-0.3, -0.25) is 0 Å². The van der Waals surface area contributed by atoms with Crippen LogP contribution in [0.5, 0.6) is 0 Å². The van der Waals surface area contributed by atoms with Crippen LogP contribution in [0.25, 0.3) is 0 Å². The molecule has 5 nitrogen and oxygen atoms in total. The van der Waals surface area contributed by atoms with E-state index in [0.717, 1.165) is 4.47 Å². The van der Waals surface area contributed by atoms with E-state index in [1.807, 2.05) is 0 Å². The van der Waals surface area contributed by atoms with Gasteiger partial charge in [-0.15, -0.1) is 11.8 Å². The number of urea groups is 1. The van der Waals surface area contributed by atoms with Gasteiger partial charge in [0, 0.05) is 10.2 Å². The Balaban J connectivity index is 2.12. The lowest BCUT2D eigenvalue weighted by atomic mass is 10.3. The minimum Gasteiger partial charge on any atom is -0.480 e. The van der Waals surface area contributed by atoms with Crippen LogP contribution in [0, 0.1) is 0 Å². The molecule has 2 amide bonds. The normalized spacial score (nSPS) is 18.4. The lowest BCUT2D eigenvalue weighted by molar-refractivity contribution is -0.140. The fourth-order valence-electron chi connectivity index (χ4n) is 1.63. The van der Waals surface area contributed by atoms with Crippen LogP contribution in [-0.2, 0) is 4.79 Å². The van der Waals surface area contributed by atoms with Crippen molar-refractivity contribution in [3.63, 3.8) is 0 Å². The van der Waals surface area contributed by atoms with Crippen LogP contribution in [0.15, 0.2) is 22.7 Å². The van der Waals surface area contributed by atoms with Gasteiger partial charge in [-0.2, -0.15) is 0 Å². The van der Waals surface area contributed by atoms with Gasteiger partial charge in [-0.25, -0.2) is 9.59 Å². The Bertz CT molecular complexity index is 529. The number of anilines is 1. The summed E-state index contributed by atoms with van der Waals surface area (Å²) in [6.45, 7) is 0. The van der Waals surface area contributed by atoms with Crippen molar-refractivity contribution >= 4 is 57.0 Å². The van der Waals surface area contributed by atoms with Crippen LogP contribution >= 0.6 is 39.3 Å². The van der Waals surface area contributed by atoms with Crippen molar-refractivity contribution in [3.05, 3.63) is 27.7 Å². The number of rotatable bonds is 2. The van der Waals surface area contributed by atoms with Crippen molar-refractivity contribution < 1.29 is 14.7 Å². The largest absolute Gasteiger partial charge is 0.480 e. The van der Waals surface area contributed by atoms with Crippen LogP contribution in [0.1, 0.15) is 0 Å². The molecule has 0 bridgehead atoms. The monoisotopic (exact) mass is 364 g/mol. The maximum absolute atomic E-state index is 12.1. The molecule has 2 rings (SSSR count). The summed E-state index contributed by atoms with van der Waals surface area (Å²) in [4.78, 5) is 24.4. The molecule has 19 heavy (non-hydrogen) atoms. The number of nitrogens with one attached hydrogen (secondary N) is 1. The highest BCUT2D eigenvalue weighted by Crippen LogP contribution is 2.27. The number of hydrogen-bond acceptors (Lipinski definition) is 3. The van der Waals surface area contributed by atoms with E-state index in [0.29, 0.717) is 22.3 Å². The maximum Gasteiger partial charge on any atom is 0.327 e. The summed E-state index contributed by atoms with van der Waals surface area (Å²) in [6.07, 6.45) is 0. The average Bonchev–Trinajstić information content (AvgIpc) is 2.83. The molecule has 0 saturated carbocycles. The van der Waals surface area contributed by atoms with Crippen molar-refractivity contribution in [2.75, 3.05) is 16.9 Å². The molecule has 0 unspecified atom stereocenters. The minimum atomic E-state index is -1.000. The fourth-order valence-corrected chi connectivity index (χ4v) is 3.30. The van der Waals surface area contributed by atoms with E-state index in [4.69, 9.17) is 16.7 Å². The van der Waals surface area contributed by atoms with Crippen molar-refractivity contribution in [2.45, 2.75) is 6.04 Å². The number of thioether (sulfide) groups is 1. The molecular formula is C11H10BrClN2O3S. The summed E-state index contributed by atoms with van der Waals surface area (Å²) in [5, 5.41) is 12.1. The van der Waals surface area contributed by atoms with Gasteiger partial charge in [0.15, 0.2) is 0 Å². The van der Waals surface area contributed by atoms with Gasteiger partial charge in [0.25, 0.3) is 0 Å². The van der Waals surface area contributed by atoms with E-state index < -0.39 is 18.0 Å². The Kier molecular flexibility index (Phi) is 4.59. The quantitative estimate of drug-likeness (QED) is 0.845. The summed E-state index contributed by atoms with van der Waals surface area (Å²) in [7, 11) is 0. The molecule has 1 atom stereocenters. The average molecular weight is 366 g/mol. The molecule has 102 valence electrons. The van der Waals surface area contributed by atoms with Crippen LogP contribution < -0.4 is 5.32 Å². The zero-order chi connectivity index (χ0) is 14.0. The van der Waals surface area contributed by atoms with E-state index in [2.05, 4.69) is 21.2 Å². The highest BCUT2D eigenvalue weighted by Gasteiger charge is 2.34. The Hall–Kier alpha value is -0.920. The molecule has 0 aliphatic carbocycles. The van der Waals surface area contributed by atoms with Gasteiger partial charge < -0.3 is 15.3 Å². The summed E-state index contributed by atoms with van der Waals surface area (Å²) in [5.41, 5.74) is 0.446. The SMILES string of the molecule is O=C(O)[C@@H]1CSCN1C(=O)Nc1cc(Br)ccc1Cl. The molecule has 1 saturated heterocycles. The van der Waals surface area contributed by atoms with Crippen LogP contribution in [0.2, 0.25) is 5.02 Å². The second-order valence-electron chi connectivity index (χ2n) is 3.88. The first-order chi connectivity index (χ1) is 8.99. The third-order valence-electron chi connectivity index (χ3n) is 2.60. The van der Waals surface area contributed by atoms with E-state index in [1.165, 1.54) is 16.7 Å². The summed E-state index contributed by atoms with van der Waals surface area (Å²) < 4.78 is 0.776. The molecular weight excluding hydrogens is 356 g/mol. The lowest BCUT2D eigenvalue weighted by Gasteiger charge is -2.21. The lowest BCUT2D eigenvalue weighted by Crippen LogP contribution is -2.44. The third-order valence-corrected chi connectivity index (χ3v) is 4.43. The highest BCUT2D eigenvalue weighted by molar-refractivity contribution is 9.10. The molecule has 8 heteroatoms. The number of carbonyl (C=O) groups is 2. The van der Waals surface area contributed by atoms with Crippen molar-refractivity contribution in [1.82, 2.24) is 4.90 Å². The van der Waals surface area contributed by atoms with Gasteiger partial charge in [0.05, 0.1) is 16.6 Å². The number of halogens is 2. The van der Waals surface area contributed by atoms with E-state index in [-0.39, 0.29) is 0 Å². The number of aliphatic carboxylic acids is 1. The maximum atomic E-state index is 12.1. The van der Waals surface area contributed by atoms with Gasteiger partial charge in [0.1, 0.15) is 6.04 Å². The van der Waals surface area contributed by atoms with Crippen LogP contribution in [-0.4, -0.2) is 39.7 Å². The molecule has 1 aliphatic heterocycles. The molecule has 1 fully saturated rings. The smallest absolute Gasteiger partial charge is 0.327 e. The van der Waals surface area contributed by atoms with Crippen molar-refractivity contribution in [1.29, 1.82) is 0 Å². The van der Waals surface area contributed by atoms with Crippen LogP contribution in [0.4, 0.5) is 10.5 Å². The predicted octanol–water partition coefficient (Wildman–Crippen LogP) is 3.09. The fraction of sp³-hybridized carbons (Fsp3) is 0.273. The third kappa shape index (κ3) is 3.34. The van der Waals surface area contributed by atoms with Crippen LogP contribution in [0.3, 0.4) is 0 Å². The molecule has 0 radical (unpaired) electrons. The molecule has 1 aromatic carbocycles. The van der Waals surface area contributed by atoms with Crippen molar-refractivity contribution in [2.24, 2.45) is 0 Å². The Morgan fingerprint density at radius 3 is 2.95 bits per heavy atom. The first-order valence-electron chi connectivity index (χ1n) is 5.32. The zero-order valence-corrected chi connectivity index (χ0v) is 12.8. The predicted molar refractivity (Wildman–Crippen MR) is 78.8 cm³/mol. The molecule has 1 heterocycles. The van der Waals surface area contributed by atoms with E-state index >= 15 is 0 Å². The number of carboxylic acid groups (broad SMARTS) is 1. The van der Waals surface area contributed by atoms with E-state index in [1.54, 1.807) is 18.2 Å². The molecule has 1 aliphatic rings. The topological polar surface area (TPSA) is 69.6 Å². The number of nitrogens with zero attached hydrogens (tertiary/aromatic N) is 1. The number of hydrogen-bond donors (Lipinski definition) is 2. The summed E-state index contributed by atoms with van der Waals surface area (Å²) >= 11 is 10.7. The minimum absolute atomic E-state index is 0.356.